The number of rotatable bonds is 3. The van der Waals surface area contributed by atoms with Gasteiger partial charge < -0.3 is 14.8 Å². The van der Waals surface area contributed by atoms with Gasteiger partial charge in [0.25, 0.3) is 5.91 Å². The molecule has 3 rings (SSSR count). The summed E-state index contributed by atoms with van der Waals surface area (Å²) in [4.78, 5) is 23.8. The Kier molecular flexibility index (Phi) is 4.51. The first-order chi connectivity index (χ1) is 11.5. The summed E-state index contributed by atoms with van der Waals surface area (Å²) in [6.07, 6.45) is 0.817. The zero-order chi connectivity index (χ0) is 17.1. The smallest absolute Gasteiger partial charge is 0.256 e. The van der Waals surface area contributed by atoms with Crippen molar-refractivity contribution in [1.29, 1.82) is 0 Å². The molecule has 5 heteroatoms. The number of amides is 1. The SMILES string of the molecule is CC(=O)c1ccc(NC(=O)c2cc3c(cc2C)OCCCO3)cc1. The number of hydrogen-bond donors (Lipinski definition) is 1. The Bertz CT molecular complexity index is 781. The normalized spacial score (nSPS) is 13.1. The van der Waals surface area contributed by atoms with Crippen LogP contribution in [0.25, 0.3) is 0 Å². The molecule has 0 aromatic heterocycles. The van der Waals surface area contributed by atoms with Crippen LogP contribution in [0.1, 0.15) is 39.6 Å². The third-order valence-corrected chi connectivity index (χ3v) is 3.89. The number of anilines is 1. The second-order valence-corrected chi connectivity index (χ2v) is 5.75. The lowest BCUT2D eigenvalue weighted by Gasteiger charge is -2.13. The highest BCUT2D eigenvalue weighted by atomic mass is 16.5. The number of aryl methyl sites for hydroxylation is 1. The minimum absolute atomic E-state index is 0.00776. The molecule has 1 N–H and O–H groups in total. The van der Waals surface area contributed by atoms with Gasteiger partial charge in [-0.1, -0.05) is 0 Å². The van der Waals surface area contributed by atoms with Crippen molar-refractivity contribution in [3.8, 4) is 11.5 Å². The number of carbonyl (C=O) groups excluding carboxylic acids is 2. The Balaban J connectivity index is 1.82. The van der Waals surface area contributed by atoms with E-state index in [0.717, 1.165) is 12.0 Å². The van der Waals surface area contributed by atoms with Crippen molar-refractivity contribution in [1.82, 2.24) is 0 Å². The first-order valence-electron chi connectivity index (χ1n) is 7.87. The highest BCUT2D eigenvalue weighted by molar-refractivity contribution is 6.06. The molecular weight excluding hydrogens is 306 g/mol. The molecule has 1 heterocycles. The Hall–Kier alpha value is -2.82. The van der Waals surface area contributed by atoms with Gasteiger partial charge in [0.1, 0.15) is 0 Å². The highest BCUT2D eigenvalue weighted by Gasteiger charge is 2.17. The van der Waals surface area contributed by atoms with E-state index in [0.29, 0.717) is 41.5 Å². The summed E-state index contributed by atoms with van der Waals surface area (Å²) < 4.78 is 11.3. The molecule has 124 valence electrons. The molecule has 1 aliphatic rings. The summed E-state index contributed by atoms with van der Waals surface area (Å²) in [5, 5.41) is 2.84. The lowest BCUT2D eigenvalue weighted by Crippen LogP contribution is -2.14. The third kappa shape index (κ3) is 3.40. The maximum absolute atomic E-state index is 12.6. The second kappa shape index (κ2) is 6.74. The monoisotopic (exact) mass is 325 g/mol. The van der Waals surface area contributed by atoms with E-state index in [1.807, 2.05) is 13.0 Å². The van der Waals surface area contributed by atoms with E-state index in [1.165, 1.54) is 6.92 Å². The zero-order valence-corrected chi connectivity index (χ0v) is 13.7. The summed E-state index contributed by atoms with van der Waals surface area (Å²) in [6, 6.07) is 10.4. The van der Waals surface area contributed by atoms with Crippen LogP contribution < -0.4 is 14.8 Å². The number of fused-ring (bicyclic) bond motifs is 1. The van der Waals surface area contributed by atoms with Crippen molar-refractivity contribution in [2.24, 2.45) is 0 Å². The maximum atomic E-state index is 12.6. The van der Waals surface area contributed by atoms with Gasteiger partial charge in [0.15, 0.2) is 17.3 Å². The van der Waals surface area contributed by atoms with Crippen LogP contribution in [-0.2, 0) is 0 Å². The lowest BCUT2D eigenvalue weighted by molar-refractivity contribution is 0.101. The van der Waals surface area contributed by atoms with E-state index >= 15 is 0 Å². The average molecular weight is 325 g/mol. The summed E-state index contributed by atoms with van der Waals surface area (Å²) in [6.45, 7) is 4.56. The van der Waals surface area contributed by atoms with Crippen LogP contribution in [0.3, 0.4) is 0 Å². The minimum Gasteiger partial charge on any atom is -0.490 e. The third-order valence-electron chi connectivity index (χ3n) is 3.89. The number of nitrogens with one attached hydrogen (secondary N) is 1. The quantitative estimate of drug-likeness (QED) is 0.876. The Morgan fingerprint density at radius 3 is 2.25 bits per heavy atom. The number of hydrogen-bond acceptors (Lipinski definition) is 4. The molecule has 24 heavy (non-hydrogen) atoms. The van der Waals surface area contributed by atoms with E-state index in [-0.39, 0.29) is 11.7 Å². The number of Topliss-reactive ketones (excluding diaryl/α,β-unsaturated/α-hetero) is 1. The Morgan fingerprint density at radius 2 is 1.62 bits per heavy atom. The van der Waals surface area contributed by atoms with E-state index in [1.54, 1.807) is 30.3 Å². The van der Waals surface area contributed by atoms with Crippen LogP contribution in [0.2, 0.25) is 0 Å². The molecule has 1 amide bonds. The van der Waals surface area contributed by atoms with Crippen LogP contribution in [0.15, 0.2) is 36.4 Å². The lowest BCUT2D eigenvalue weighted by atomic mass is 10.1. The van der Waals surface area contributed by atoms with Gasteiger partial charge in [-0.15, -0.1) is 0 Å². The van der Waals surface area contributed by atoms with E-state index in [2.05, 4.69) is 5.32 Å². The van der Waals surface area contributed by atoms with Crippen LogP contribution in [0, 0.1) is 6.92 Å². The summed E-state index contributed by atoms with van der Waals surface area (Å²) in [5.74, 6) is 1.04. The number of ketones is 1. The number of carbonyl (C=O) groups is 2. The topological polar surface area (TPSA) is 64.6 Å². The average Bonchev–Trinajstić information content (AvgIpc) is 2.79. The summed E-state index contributed by atoms with van der Waals surface area (Å²) in [7, 11) is 0. The highest BCUT2D eigenvalue weighted by Crippen LogP contribution is 2.33. The predicted molar refractivity (Wildman–Crippen MR) is 91.2 cm³/mol. The van der Waals surface area contributed by atoms with E-state index in [4.69, 9.17) is 9.47 Å². The van der Waals surface area contributed by atoms with Gasteiger partial charge in [-0.25, -0.2) is 0 Å². The molecule has 1 aliphatic heterocycles. The van der Waals surface area contributed by atoms with Gasteiger partial charge in [0.2, 0.25) is 0 Å². The van der Waals surface area contributed by atoms with Gasteiger partial charge in [0.05, 0.1) is 13.2 Å². The first-order valence-corrected chi connectivity index (χ1v) is 7.87. The van der Waals surface area contributed by atoms with Gasteiger partial charge in [-0.2, -0.15) is 0 Å². The molecule has 5 nitrogen and oxygen atoms in total. The van der Waals surface area contributed by atoms with Gasteiger partial charge in [0, 0.05) is 23.2 Å². The van der Waals surface area contributed by atoms with Crippen molar-refractivity contribution in [3.63, 3.8) is 0 Å². The number of ether oxygens (including phenoxy) is 2. The maximum Gasteiger partial charge on any atom is 0.256 e. The molecule has 0 spiro atoms. The standard InChI is InChI=1S/C19H19NO4/c1-12-10-17-18(24-9-3-8-23-17)11-16(12)19(22)20-15-6-4-14(5-7-15)13(2)21/h4-7,10-11H,3,8-9H2,1-2H3,(H,20,22). The second-order valence-electron chi connectivity index (χ2n) is 5.75. The molecular formula is C19H19NO4. The summed E-state index contributed by atoms with van der Waals surface area (Å²) in [5.41, 5.74) is 2.60. The zero-order valence-electron chi connectivity index (χ0n) is 13.7. The van der Waals surface area contributed by atoms with Gasteiger partial charge in [-0.05, 0) is 55.8 Å². The van der Waals surface area contributed by atoms with Crippen molar-refractivity contribution in [2.45, 2.75) is 20.3 Å². The van der Waals surface area contributed by atoms with Crippen LogP contribution in [0.5, 0.6) is 11.5 Å². The van der Waals surface area contributed by atoms with Gasteiger partial charge >= 0.3 is 0 Å². The largest absolute Gasteiger partial charge is 0.490 e. The summed E-state index contributed by atoms with van der Waals surface area (Å²) >= 11 is 0. The van der Waals surface area contributed by atoms with E-state index < -0.39 is 0 Å². The molecule has 0 saturated carbocycles. The fraction of sp³-hybridized carbons (Fsp3) is 0.263. The molecule has 0 atom stereocenters. The molecule has 0 bridgehead atoms. The molecule has 0 aliphatic carbocycles. The minimum atomic E-state index is -0.223. The first kappa shape index (κ1) is 16.1. The molecule has 2 aromatic rings. The van der Waals surface area contributed by atoms with Crippen LogP contribution in [0.4, 0.5) is 5.69 Å². The Labute approximate surface area is 140 Å². The van der Waals surface area contributed by atoms with Crippen molar-refractivity contribution >= 4 is 17.4 Å². The van der Waals surface area contributed by atoms with Crippen LogP contribution in [-0.4, -0.2) is 24.9 Å². The van der Waals surface area contributed by atoms with Crippen molar-refractivity contribution in [2.75, 3.05) is 18.5 Å². The molecule has 2 aromatic carbocycles. The van der Waals surface area contributed by atoms with Gasteiger partial charge in [-0.3, -0.25) is 9.59 Å². The fourth-order valence-electron chi connectivity index (χ4n) is 2.54. The van der Waals surface area contributed by atoms with Crippen molar-refractivity contribution < 1.29 is 19.1 Å². The van der Waals surface area contributed by atoms with Crippen LogP contribution >= 0.6 is 0 Å². The molecule has 0 radical (unpaired) electrons. The molecule has 0 unspecified atom stereocenters. The molecule has 0 fully saturated rings. The van der Waals surface area contributed by atoms with Crippen molar-refractivity contribution in [3.05, 3.63) is 53.1 Å². The predicted octanol–water partition coefficient (Wildman–Crippen LogP) is 3.61. The number of benzene rings is 2. The van der Waals surface area contributed by atoms with E-state index in [9.17, 15) is 9.59 Å². The molecule has 0 saturated heterocycles. The fourth-order valence-corrected chi connectivity index (χ4v) is 2.54. The Morgan fingerprint density at radius 1 is 1.00 bits per heavy atom.